The number of phenols is 1. The van der Waals surface area contributed by atoms with Crippen LogP contribution in [-0.4, -0.2) is 12.2 Å². The number of rotatable bonds is 4. The highest BCUT2D eigenvalue weighted by Crippen LogP contribution is 2.29. The van der Waals surface area contributed by atoms with Crippen LogP contribution in [-0.2, 0) is 6.54 Å². The SMILES string of the molecule is COc1c(C)ccc(NCc2ccc(O)c(F)c2)c1C. The number of hydrogen-bond acceptors (Lipinski definition) is 3. The maximum Gasteiger partial charge on any atom is 0.165 e. The van der Waals surface area contributed by atoms with Gasteiger partial charge < -0.3 is 15.2 Å². The summed E-state index contributed by atoms with van der Waals surface area (Å²) in [6.45, 7) is 4.45. The van der Waals surface area contributed by atoms with Gasteiger partial charge in [0.1, 0.15) is 5.75 Å². The van der Waals surface area contributed by atoms with Gasteiger partial charge in [-0.05, 0) is 43.2 Å². The lowest BCUT2D eigenvalue weighted by molar-refractivity contribution is 0.409. The summed E-state index contributed by atoms with van der Waals surface area (Å²) in [6, 6.07) is 8.32. The fourth-order valence-corrected chi connectivity index (χ4v) is 2.19. The monoisotopic (exact) mass is 275 g/mol. The summed E-state index contributed by atoms with van der Waals surface area (Å²) in [5.74, 6) is -0.0867. The second-order valence-corrected chi connectivity index (χ2v) is 4.73. The van der Waals surface area contributed by atoms with Crippen LogP contribution in [0.5, 0.6) is 11.5 Å². The second kappa shape index (κ2) is 5.82. The molecule has 0 spiro atoms. The molecule has 0 fully saturated rings. The van der Waals surface area contributed by atoms with Gasteiger partial charge in [-0.25, -0.2) is 4.39 Å². The first-order chi connectivity index (χ1) is 9.52. The number of benzene rings is 2. The third-order valence-corrected chi connectivity index (χ3v) is 3.30. The minimum atomic E-state index is -0.609. The highest BCUT2D eigenvalue weighted by molar-refractivity contribution is 5.59. The Morgan fingerprint density at radius 2 is 1.95 bits per heavy atom. The topological polar surface area (TPSA) is 41.5 Å². The van der Waals surface area contributed by atoms with Crippen LogP contribution in [0.15, 0.2) is 30.3 Å². The fourth-order valence-electron chi connectivity index (χ4n) is 2.19. The molecule has 0 unspecified atom stereocenters. The Morgan fingerprint density at radius 3 is 2.60 bits per heavy atom. The van der Waals surface area contributed by atoms with Crippen molar-refractivity contribution < 1.29 is 14.2 Å². The molecule has 0 radical (unpaired) electrons. The van der Waals surface area contributed by atoms with Gasteiger partial charge in [-0.2, -0.15) is 0 Å². The van der Waals surface area contributed by atoms with Crippen LogP contribution >= 0.6 is 0 Å². The van der Waals surface area contributed by atoms with Gasteiger partial charge in [0.25, 0.3) is 0 Å². The Morgan fingerprint density at radius 1 is 1.20 bits per heavy atom. The zero-order valence-corrected chi connectivity index (χ0v) is 11.8. The van der Waals surface area contributed by atoms with E-state index in [9.17, 15) is 4.39 Å². The van der Waals surface area contributed by atoms with E-state index < -0.39 is 5.82 Å². The molecule has 2 N–H and O–H groups in total. The quantitative estimate of drug-likeness (QED) is 0.892. The molecule has 2 aromatic rings. The molecular formula is C16H18FNO2. The Balaban J connectivity index is 2.16. The Bertz CT molecular complexity index is 626. The molecule has 0 atom stereocenters. The highest BCUT2D eigenvalue weighted by Gasteiger charge is 2.08. The van der Waals surface area contributed by atoms with Crippen LogP contribution in [0.1, 0.15) is 16.7 Å². The van der Waals surface area contributed by atoms with Gasteiger partial charge in [0.15, 0.2) is 11.6 Å². The molecule has 20 heavy (non-hydrogen) atoms. The summed E-state index contributed by atoms with van der Waals surface area (Å²) in [4.78, 5) is 0. The Hall–Kier alpha value is -2.23. The number of aromatic hydroxyl groups is 1. The average Bonchev–Trinajstić information content (AvgIpc) is 2.42. The highest BCUT2D eigenvalue weighted by atomic mass is 19.1. The number of ether oxygens (including phenoxy) is 1. The van der Waals surface area contributed by atoms with Crippen molar-refractivity contribution in [2.24, 2.45) is 0 Å². The predicted molar refractivity (Wildman–Crippen MR) is 77.9 cm³/mol. The molecule has 0 aromatic heterocycles. The summed E-state index contributed by atoms with van der Waals surface area (Å²) in [7, 11) is 1.65. The molecule has 3 nitrogen and oxygen atoms in total. The van der Waals surface area contributed by atoms with Crippen molar-refractivity contribution in [1.82, 2.24) is 0 Å². The molecule has 0 saturated carbocycles. The minimum Gasteiger partial charge on any atom is -0.505 e. The van der Waals surface area contributed by atoms with Crippen LogP contribution in [0.2, 0.25) is 0 Å². The Labute approximate surface area is 118 Å². The lowest BCUT2D eigenvalue weighted by Gasteiger charge is -2.15. The predicted octanol–water partition coefficient (Wildman–Crippen LogP) is 3.77. The summed E-state index contributed by atoms with van der Waals surface area (Å²) < 4.78 is 18.6. The van der Waals surface area contributed by atoms with Crippen molar-refractivity contribution >= 4 is 5.69 Å². The number of hydrogen-bond donors (Lipinski definition) is 2. The first-order valence-corrected chi connectivity index (χ1v) is 6.38. The molecule has 2 aromatic carbocycles. The van der Waals surface area contributed by atoms with E-state index in [1.807, 2.05) is 26.0 Å². The van der Waals surface area contributed by atoms with Crippen LogP contribution in [0.25, 0.3) is 0 Å². The zero-order chi connectivity index (χ0) is 14.7. The van der Waals surface area contributed by atoms with Crippen molar-refractivity contribution in [1.29, 1.82) is 0 Å². The van der Waals surface area contributed by atoms with Gasteiger partial charge in [0, 0.05) is 17.8 Å². The molecule has 0 aliphatic rings. The number of methoxy groups -OCH3 is 1. The van der Waals surface area contributed by atoms with Crippen LogP contribution in [0, 0.1) is 19.7 Å². The van der Waals surface area contributed by atoms with Crippen molar-refractivity contribution in [2.75, 3.05) is 12.4 Å². The number of aryl methyl sites for hydroxylation is 1. The first-order valence-electron chi connectivity index (χ1n) is 6.38. The van der Waals surface area contributed by atoms with E-state index in [0.717, 1.165) is 28.1 Å². The lowest BCUT2D eigenvalue weighted by Crippen LogP contribution is -2.03. The smallest absolute Gasteiger partial charge is 0.165 e. The number of halogens is 1. The third kappa shape index (κ3) is 2.85. The van der Waals surface area contributed by atoms with Gasteiger partial charge >= 0.3 is 0 Å². The molecule has 106 valence electrons. The number of nitrogens with one attached hydrogen (secondary N) is 1. The van der Waals surface area contributed by atoms with Gasteiger partial charge in [-0.1, -0.05) is 12.1 Å². The van der Waals surface area contributed by atoms with Crippen LogP contribution in [0.4, 0.5) is 10.1 Å². The molecule has 0 amide bonds. The molecule has 0 saturated heterocycles. The van der Waals surface area contributed by atoms with E-state index in [0.29, 0.717) is 6.54 Å². The van der Waals surface area contributed by atoms with E-state index in [1.165, 1.54) is 12.1 Å². The van der Waals surface area contributed by atoms with E-state index in [2.05, 4.69) is 5.32 Å². The van der Waals surface area contributed by atoms with Gasteiger partial charge in [0.05, 0.1) is 7.11 Å². The third-order valence-electron chi connectivity index (χ3n) is 3.30. The Kier molecular flexibility index (Phi) is 4.13. The normalized spacial score (nSPS) is 10.4. The lowest BCUT2D eigenvalue weighted by atomic mass is 10.1. The van der Waals surface area contributed by atoms with Gasteiger partial charge in [-0.15, -0.1) is 0 Å². The van der Waals surface area contributed by atoms with Crippen LogP contribution in [0.3, 0.4) is 0 Å². The van der Waals surface area contributed by atoms with E-state index in [1.54, 1.807) is 13.2 Å². The standard InChI is InChI=1S/C16H18FNO2/c1-10-4-6-14(11(2)16(10)20-3)18-9-12-5-7-15(19)13(17)8-12/h4-8,18-19H,9H2,1-3H3. The van der Waals surface area contributed by atoms with Gasteiger partial charge in [-0.3, -0.25) is 0 Å². The molecule has 4 heteroatoms. The average molecular weight is 275 g/mol. The molecule has 2 rings (SSSR count). The van der Waals surface area contributed by atoms with Gasteiger partial charge in [0.2, 0.25) is 0 Å². The number of phenolic OH excluding ortho intramolecular Hbond substituents is 1. The molecule has 0 heterocycles. The molecule has 0 bridgehead atoms. The van der Waals surface area contributed by atoms with Crippen molar-refractivity contribution in [3.05, 3.63) is 52.8 Å². The van der Waals surface area contributed by atoms with Crippen molar-refractivity contribution in [3.63, 3.8) is 0 Å². The molecule has 0 aliphatic carbocycles. The number of anilines is 1. The summed E-state index contributed by atoms with van der Waals surface area (Å²) in [6.07, 6.45) is 0. The first kappa shape index (κ1) is 14.2. The summed E-state index contributed by atoms with van der Waals surface area (Å²) >= 11 is 0. The van der Waals surface area contributed by atoms with Crippen molar-refractivity contribution in [3.8, 4) is 11.5 Å². The maximum atomic E-state index is 13.3. The van der Waals surface area contributed by atoms with E-state index >= 15 is 0 Å². The zero-order valence-electron chi connectivity index (χ0n) is 11.8. The molecule has 0 aliphatic heterocycles. The van der Waals surface area contributed by atoms with Crippen molar-refractivity contribution in [2.45, 2.75) is 20.4 Å². The van der Waals surface area contributed by atoms with Crippen LogP contribution < -0.4 is 10.1 Å². The maximum absolute atomic E-state index is 13.3. The largest absolute Gasteiger partial charge is 0.505 e. The minimum absolute atomic E-state index is 0.332. The van der Waals surface area contributed by atoms with E-state index in [4.69, 9.17) is 9.84 Å². The summed E-state index contributed by atoms with van der Waals surface area (Å²) in [5.41, 5.74) is 3.80. The molecular weight excluding hydrogens is 257 g/mol. The van der Waals surface area contributed by atoms with E-state index in [-0.39, 0.29) is 5.75 Å². The summed E-state index contributed by atoms with van der Waals surface area (Å²) in [5, 5.41) is 12.4. The second-order valence-electron chi connectivity index (χ2n) is 4.73. The fraction of sp³-hybridized carbons (Fsp3) is 0.250.